The highest BCUT2D eigenvalue weighted by Gasteiger charge is 2.36. The van der Waals surface area contributed by atoms with E-state index in [0.717, 1.165) is 12.8 Å². The third-order valence-electron chi connectivity index (χ3n) is 4.50. The van der Waals surface area contributed by atoms with E-state index in [9.17, 15) is 18.0 Å². The minimum Gasteiger partial charge on any atom is -0.351 e. The van der Waals surface area contributed by atoms with Gasteiger partial charge in [-0.1, -0.05) is 18.2 Å². The minimum absolute atomic E-state index is 0.00377. The summed E-state index contributed by atoms with van der Waals surface area (Å²) in [5.41, 5.74) is 0. The van der Waals surface area contributed by atoms with Crippen LogP contribution in [0.25, 0.3) is 0 Å². The van der Waals surface area contributed by atoms with Crippen LogP contribution < -0.4 is 5.32 Å². The third-order valence-corrected chi connectivity index (χ3v) is 6.23. The quantitative estimate of drug-likeness (QED) is 0.872. The highest BCUT2D eigenvalue weighted by molar-refractivity contribution is 7.91. The summed E-state index contributed by atoms with van der Waals surface area (Å²) >= 11 is 0. The molecule has 1 N–H and O–H groups in total. The topological polar surface area (TPSA) is 83.6 Å². The van der Waals surface area contributed by atoms with Gasteiger partial charge in [-0.25, -0.2) is 8.42 Å². The van der Waals surface area contributed by atoms with Gasteiger partial charge >= 0.3 is 0 Å². The van der Waals surface area contributed by atoms with Gasteiger partial charge in [0.1, 0.15) is 0 Å². The van der Waals surface area contributed by atoms with Gasteiger partial charge in [-0.3, -0.25) is 9.59 Å². The smallest absolute Gasteiger partial charge is 0.225 e. The van der Waals surface area contributed by atoms with E-state index in [2.05, 4.69) is 5.32 Å². The first-order valence-electron chi connectivity index (χ1n) is 7.82. The van der Waals surface area contributed by atoms with E-state index in [1.165, 1.54) is 12.1 Å². The van der Waals surface area contributed by atoms with Crippen molar-refractivity contribution in [3.8, 4) is 0 Å². The second-order valence-corrected chi connectivity index (χ2v) is 8.27. The Hall–Kier alpha value is -1.89. The van der Waals surface area contributed by atoms with Crippen molar-refractivity contribution in [2.24, 2.45) is 5.92 Å². The Morgan fingerprint density at radius 3 is 2.61 bits per heavy atom. The van der Waals surface area contributed by atoms with Crippen molar-refractivity contribution in [3.63, 3.8) is 0 Å². The molecule has 23 heavy (non-hydrogen) atoms. The Bertz CT molecular complexity index is 702. The number of fused-ring (bicyclic) bond motifs is 4. The summed E-state index contributed by atoms with van der Waals surface area (Å²) in [6, 6.07) is 8.15. The van der Waals surface area contributed by atoms with Crippen molar-refractivity contribution in [2.45, 2.75) is 30.2 Å². The molecule has 0 saturated carbocycles. The van der Waals surface area contributed by atoms with Gasteiger partial charge in [-0.15, -0.1) is 0 Å². The molecule has 0 aliphatic carbocycles. The van der Waals surface area contributed by atoms with E-state index in [1.807, 2.05) is 0 Å². The molecular formula is C16H20N2O4S. The minimum atomic E-state index is -3.46. The molecule has 3 heterocycles. The number of sulfone groups is 1. The van der Waals surface area contributed by atoms with Crippen LogP contribution in [0.15, 0.2) is 35.2 Å². The molecule has 3 aliphatic heterocycles. The summed E-state index contributed by atoms with van der Waals surface area (Å²) < 4.78 is 24.5. The van der Waals surface area contributed by atoms with E-state index in [4.69, 9.17) is 0 Å². The zero-order valence-electron chi connectivity index (χ0n) is 12.8. The van der Waals surface area contributed by atoms with Crippen molar-refractivity contribution in [3.05, 3.63) is 30.3 Å². The third kappa shape index (κ3) is 3.55. The zero-order valence-corrected chi connectivity index (χ0v) is 13.6. The molecule has 3 aliphatic rings. The van der Waals surface area contributed by atoms with Crippen LogP contribution in [0.3, 0.4) is 0 Å². The number of nitrogens with one attached hydrogen (secondary N) is 1. The first-order chi connectivity index (χ1) is 11.0. The molecule has 0 unspecified atom stereocenters. The van der Waals surface area contributed by atoms with Gasteiger partial charge in [0.05, 0.1) is 16.6 Å². The van der Waals surface area contributed by atoms with Crippen molar-refractivity contribution in [2.75, 3.05) is 18.8 Å². The normalized spacial score (nSPS) is 24.2. The van der Waals surface area contributed by atoms with Crippen LogP contribution in [0, 0.1) is 5.92 Å². The van der Waals surface area contributed by atoms with Crippen molar-refractivity contribution >= 4 is 21.7 Å². The van der Waals surface area contributed by atoms with Crippen molar-refractivity contribution in [1.29, 1.82) is 0 Å². The van der Waals surface area contributed by atoms with Crippen LogP contribution in [-0.2, 0) is 19.4 Å². The lowest BCUT2D eigenvalue weighted by molar-refractivity contribution is -0.131. The highest BCUT2D eigenvalue weighted by Crippen LogP contribution is 2.23. The molecule has 6 nitrogen and oxygen atoms in total. The predicted molar refractivity (Wildman–Crippen MR) is 84.3 cm³/mol. The molecule has 7 heteroatoms. The van der Waals surface area contributed by atoms with Gasteiger partial charge < -0.3 is 10.2 Å². The van der Waals surface area contributed by atoms with E-state index in [1.54, 1.807) is 23.1 Å². The molecule has 124 valence electrons. The number of benzene rings is 1. The Morgan fingerprint density at radius 1 is 1.17 bits per heavy atom. The van der Waals surface area contributed by atoms with Crippen molar-refractivity contribution in [1.82, 2.24) is 10.2 Å². The lowest BCUT2D eigenvalue weighted by Crippen LogP contribution is -2.43. The maximum absolute atomic E-state index is 12.4. The summed E-state index contributed by atoms with van der Waals surface area (Å²) in [5.74, 6) is -0.557. The number of amides is 2. The standard InChI is InChI=1S/C16H20N2O4S/c19-15(8-9-23(21,22)14-4-2-1-3-5-14)18-10-12-6-7-13(11-18)17-16(12)20/h1-5,12-13H,6-11H2,(H,17,20)/t12-,13+/m0/s1. The first-order valence-corrected chi connectivity index (χ1v) is 9.47. The Labute approximate surface area is 135 Å². The molecule has 3 saturated heterocycles. The summed E-state index contributed by atoms with van der Waals surface area (Å²) in [4.78, 5) is 26.1. The number of nitrogens with zero attached hydrogens (tertiary/aromatic N) is 1. The van der Waals surface area contributed by atoms with E-state index < -0.39 is 9.84 Å². The molecular weight excluding hydrogens is 316 g/mol. The Balaban J connectivity index is 1.63. The summed E-state index contributed by atoms with van der Waals surface area (Å²) in [7, 11) is -3.46. The summed E-state index contributed by atoms with van der Waals surface area (Å²) in [6.07, 6.45) is 1.62. The van der Waals surface area contributed by atoms with Gasteiger partial charge in [-0.2, -0.15) is 0 Å². The molecule has 0 radical (unpaired) electrons. The maximum atomic E-state index is 12.4. The number of piperidine rings is 1. The average Bonchev–Trinajstić information content (AvgIpc) is 2.85. The molecule has 0 spiro atoms. The number of rotatable bonds is 4. The number of hydrogen-bond donors (Lipinski definition) is 1. The largest absolute Gasteiger partial charge is 0.351 e. The van der Waals surface area contributed by atoms with Crippen LogP contribution >= 0.6 is 0 Å². The predicted octanol–water partition coefficient (Wildman–Crippen LogP) is 0.587. The molecule has 0 aromatic heterocycles. The molecule has 3 fully saturated rings. The average molecular weight is 336 g/mol. The van der Waals surface area contributed by atoms with Crippen molar-refractivity contribution < 1.29 is 18.0 Å². The molecule has 4 rings (SSSR count). The van der Waals surface area contributed by atoms with E-state index in [0.29, 0.717) is 13.1 Å². The van der Waals surface area contributed by atoms with Gasteiger partial charge in [0, 0.05) is 25.6 Å². The molecule has 1 aromatic carbocycles. The fraction of sp³-hybridized carbons (Fsp3) is 0.500. The van der Waals surface area contributed by atoms with Crippen LogP contribution in [0.5, 0.6) is 0 Å². The van der Waals surface area contributed by atoms with Crippen LogP contribution in [0.2, 0.25) is 0 Å². The number of carbonyl (C=O) groups excluding carboxylic acids is 2. The zero-order chi connectivity index (χ0) is 16.4. The Morgan fingerprint density at radius 2 is 1.91 bits per heavy atom. The first kappa shape index (κ1) is 16.0. The SMILES string of the molecule is O=C1N[C@@H]2CC[C@H]1CN(C(=O)CCS(=O)(=O)c1ccccc1)C2. The number of carbonyl (C=O) groups is 2. The molecule has 1 aromatic rings. The monoisotopic (exact) mass is 336 g/mol. The van der Waals surface area contributed by atoms with Gasteiger partial charge in [-0.05, 0) is 25.0 Å². The van der Waals surface area contributed by atoms with Crippen LogP contribution in [-0.4, -0.2) is 50.0 Å². The van der Waals surface area contributed by atoms with E-state index in [-0.39, 0.29) is 40.8 Å². The van der Waals surface area contributed by atoms with Gasteiger partial charge in [0.15, 0.2) is 9.84 Å². The molecule has 2 atom stereocenters. The van der Waals surface area contributed by atoms with Crippen LogP contribution in [0.1, 0.15) is 19.3 Å². The number of hydrogen-bond acceptors (Lipinski definition) is 4. The fourth-order valence-electron chi connectivity index (χ4n) is 3.17. The fourth-order valence-corrected chi connectivity index (χ4v) is 4.42. The van der Waals surface area contributed by atoms with Gasteiger partial charge in [0.2, 0.25) is 11.8 Å². The summed E-state index contributed by atoms with van der Waals surface area (Å²) in [5, 5.41) is 2.91. The highest BCUT2D eigenvalue weighted by atomic mass is 32.2. The Kier molecular flexibility index (Phi) is 4.39. The van der Waals surface area contributed by atoms with E-state index >= 15 is 0 Å². The molecule has 2 amide bonds. The second kappa shape index (κ2) is 6.31. The molecule has 2 bridgehead atoms. The van der Waals surface area contributed by atoms with Gasteiger partial charge in [0.25, 0.3) is 0 Å². The second-order valence-electron chi connectivity index (χ2n) is 6.16. The van der Waals surface area contributed by atoms with Crippen LogP contribution in [0.4, 0.5) is 0 Å². The maximum Gasteiger partial charge on any atom is 0.225 e. The lowest BCUT2D eigenvalue weighted by atomic mass is 9.96. The lowest BCUT2D eigenvalue weighted by Gasteiger charge is -2.23. The summed E-state index contributed by atoms with van der Waals surface area (Å²) in [6.45, 7) is 0.874.